The summed E-state index contributed by atoms with van der Waals surface area (Å²) >= 11 is 0. The predicted molar refractivity (Wildman–Crippen MR) is 102 cm³/mol. The minimum absolute atomic E-state index is 0.182. The quantitative estimate of drug-likeness (QED) is 0.757. The first kappa shape index (κ1) is 22.2. The van der Waals surface area contributed by atoms with Gasteiger partial charge in [0, 0.05) is 25.1 Å². The molecule has 0 radical (unpaired) electrons. The highest BCUT2D eigenvalue weighted by molar-refractivity contribution is 7.92. The lowest BCUT2D eigenvalue weighted by molar-refractivity contribution is -0.145. The standard InChI is InChI=1S/C20H20F3NO5S/c1-11-5-13(10-24-9-11)12-3-4-18(16(6-12)20(21,22)23)30(27,28)14-7-15(19(25)26)17(8-14)29-2/h3-6,9-10,14-15,17H,7-8H2,1-2H3,(H,25,26)/t14-,15-,17-/m1/s1. The zero-order valence-electron chi connectivity index (χ0n) is 16.2. The number of hydrogen-bond donors (Lipinski definition) is 1. The van der Waals surface area contributed by atoms with E-state index < -0.39 is 49.7 Å². The fourth-order valence-corrected chi connectivity index (χ4v) is 5.80. The molecular weight excluding hydrogens is 423 g/mol. The Labute approximate surface area is 171 Å². The highest BCUT2D eigenvalue weighted by atomic mass is 32.2. The number of nitrogens with zero attached hydrogens (tertiary/aromatic N) is 1. The number of aryl methyl sites for hydroxylation is 1. The molecule has 1 N–H and O–H groups in total. The van der Waals surface area contributed by atoms with Crippen LogP contribution in [-0.4, -0.2) is 42.9 Å². The first-order valence-electron chi connectivity index (χ1n) is 9.08. The van der Waals surface area contributed by atoms with Crippen LogP contribution in [0, 0.1) is 12.8 Å². The number of methoxy groups -OCH3 is 1. The van der Waals surface area contributed by atoms with Crippen LogP contribution in [0.1, 0.15) is 24.0 Å². The van der Waals surface area contributed by atoms with Crippen LogP contribution in [-0.2, 0) is 25.5 Å². The molecule has 1 saturated carbocycles. The van der Waals surface area contributed by atoms with Crippen LogP contribution in [0.15, 0.2) is 41.6 Å². The Morgan fingerprint density at radius 1 is 1.17 bits per heavy atom. The molecule has 1 aliphatic carbocycles. The number of alkyl halides is 3. The second-order valence-electron chi connectivity index (χ2n) is 7.32. The van der Waals surface area contributed by atoms with Crippen molar-refractivity contribution < 1.29 is 36.2 Å². The summed E-state index contributed by atoms with van der Waals surface area (Å²) in [4.78, 5) is 14.5. The van der Waals surface area contributed by atoms with E-state index in [1.165, 1.54) is 19.4 Å². The van der Waals surface area contributed by atoms with Gasteiger partial charge in [0.05, 0.1) is 27.7 Å². The van der Waals surface area contributed by atoms with Crippen molar-refractivity contribution in [1.82, 2.24) is 4.98 Å². The predicted octanol–water partition coefficient (Wildman–Crippen LogP) is 3.73. The van der Waals surface area contributed by atoms with Crippen LogP contribution in [0.25, 0.3) is 11.1 Å². The molecule has 6 nitrogen and oxygen atoms in total. The number of aliphatic carboxylic acids is 1. The maximum absolute atomic E-state index is 13.8. The number of halogens is 3. The number of carboxylic acid groups (broad SMARTS) is 1. The van der Waals surface area contributed by atoms with Gasteiger partial charge < -0.3 is 9.84 Å². The fraction of sp³-hybridized carbons (Fsp3) is 0.400. The molecule has 0 amide bonds. The average Bonchev–Trinajstić information content (AvgIpc) is 3.12. The van der Waals surface area contributed by atoms with Gasteiger partial charge in [0.25, 0.3) is 0 Å². The summed E-state index contributed by atoms with van der Waals surface area (Å²) in [6.07, 6.45) is -3.34. The number of carbonyl (C=O) groups is 1. The summed E-state index contributed by atoms with van der Waals surface area (Å²) in [5, 5.41) is 8.00. The molecule has 1 aliphatic rings. The fourth-order valence-electron chi connectivity index (χ4n) is 3.80. The van der Waals surface area contributed by atoms with E-state index in [9.17, 15) is 31.5 Å². The van der Waals surface area contributed by atoms with E-state index >= 15 is 0 Å². The molecule has 1 heterocycles. The van der Waals surface area contributed by atoms with Gasteiger partial charge in [0.2, 0.25) is 0 Å². The number of pyridine rings is 1. The highest BCUT2D eigenvalue weighted by Crippen LogP contribution is 2.42. The molecule has 0 aliphatic heterocycles. The molecule has 2 aromatic rings. The number of sulfone groups is 1. The molecule has 3 rings (SSSR count). The number of rotatable bonds is 5. The molecule has 0 saturated heterocycles. The van der Waals surface area contributed by atoms with Gasteiger partial charge >= 0.3 is 12.1 Å². The van der Waals surface area contributed by atoms with Crippen molar-refractivity contribution in [3.05, 3.63) is 47.8 Å². The smallest absolute Gasteiger partial charge is 0.417 e. The maximum atomic E-state index is 13.8. The lowest BCUT2D eigenvalue weighted by Crippen LogP contribution is -2.24. The van der Waals surface area contributed by atoms with Gasteiger partial charge in [-0.2, -0.15) is 13.2 Å². The van der Waals surface area contributed by atoms with E-state index in [-0.39, 0.29) is 18.4 Å². The molecule has 10 heteroatoms. The Kier molecular flexibility index (Phi) is 5.92. The van der Waals surface area contributed by atoms with Gasteiger partial charge in [0.15, 0.2) is 9.84 Å². The summed E-state index contributed by atoms with van der Waals surface area (Å²) in [6, 6.07) is 4.68. The number of ether oxygens (including phenoxy) is 1. The lowest BCUT2D eigenvalue weighted by atomic mass is 10.0. The summed E-state index contributed by atoms with van der Waals surface area (Å²) in [7, 11) is -3.20. The van der Waals surface area contributed by atoms with Crippen LogP contribution in [0.5, 0.6) is 0 Å². The lowest BCUT2D eigenvalue weighted by Gasteiger charge is -2.18. The minimum atomic E-state index is -4.92. The molecule has 30 heavy (non-hydrogen) atoms. The van der Waals surface area contributed by atoms with Crippen LogP contribution in [0.4, 0.5) is 13.2 Å². The summed E-state index contributed by atoms with van der Waals surface area (Å²) in [5.41, 5.74) is 0.0704. The van der Waals surface area contributed by atoms with Gasteiger partial charge in [-0.15, -0.1) is 0 Å². The SMILES string of the molecule is CO[C@@H]1C[C@H](S(=O)(=O)c2ccc(-c3cncc(C)c3)cc2C(F)(F)F)C[C@H]1C(=O)O. The topological polar surface area (TPSA) is 93.6 Å². The number of aromatic nitrogens is 1. The molecule has 0 spiro atoms. The first-order chi connectivity index (χ1) is 13.9. The maximum Gasteiger partial charge on any atom is 0.417 e. The number of benzene rings is 1. The Bertz CT molecular complexity index is 1070. The van der Waals surface area contributed by atoms with Gasteiger partial charge in [-0.1, -0.05) is 6.07 Å². The molecule has 3 atom stereocenters. The van der Waals surface area contributed by atoms with E-state index in [1.54, 1.807) is 19.2 Å². The van der Waals surface area contributed by atoms with E-state index in [4.69, 9.17) is 4.74 Å². The molecule has 1 aromatic carbocycles. The summed E-state index contributed by atoms with van der Waals surface area (Å²) in [5.74, 6) is -2.33. The van der Waals surface area contributed by atoms with Crippen molar-refractivity contribution in [3.63, 3.8) is 0 Å². The van der Waals surface area contributed by atoms with Crippen LogP contribution in [0.2, 0.25) is 0 Å². The van der Waals surface area contributed by atoms with Crippen LogP contribution in [0.3, 0.4) is 0 Å². The minimum Gasteiger partial charge on any atom is -0.481 e. The van der Waals surface area contributed by atoms with Gasteiger partial charge in [-0.05, 0) is 49.1 Å². The Hall–Kier alpha value is -2.46. The van der Waals surface area contributed by atoms with E-state index in [1.807, 2.05) is 0 Å². The van der Waals surface area contributed by atoms with E-state index in [0.717, 1.165) is 17.7 Å². The summed E-state index contributed by atoms with van der Waals surface area (Å²) < 4.78 is 72.6. The third kappa shape index (κ3) is 4.20. The highest BCUT2D eigenvalue weighted by Gasteiger charge is 2.47. The van der Waals surface area contributed by atoms with Crippen molar-refractivity contribution in [3.8, 4) is 11.1 Å². The number of hydrogen-bond acceptors (Lipinski definition) is 5. The third-order valence-corrected chi connectivity index (χ3v) is 7.55. The zero-order chi connectivity index (χ0) is 22.3. The van der Waals surface area contributed by atoms with Crippen molar-refractivity contribution in [1.29, 1.82) is 0 Å². The zero-order valence-corrected chi connectivity index (χ0v) is 17.0. The van der Waals surface area contributed by atoms with Crippen molar-refractivity contribution >= 4 is 15.8 Å². The Morgan fingerprint density at radius 2 is 1.87 bits per heavy atom. The molecule has 1 aromatic heterocycles. The van der Waals surface area contributed by atoms with Crippen molar-refractivity contribution in [2.45, 2.75) is 42.2 Å². The van der Waals surface area contributed by atoms with E-state index in [0.29, 0.717) is 5.56 Å². The average molecular weight is 443 g/mol. The van der Waals surface area contributed by atoms with Crippen molar-refractivity contribution in [2.75, 3.05) is 7.11 Å². The monoisotopic (exact) mass is 443 g/mol. The van der Waals surface area contributed by atoms with Gasteiger partial charge in [0.1, 0.15) is 0 Å². The second kappa shape index (κ2) is 7.99. The molecule has 0 bridgehead atoms. The normalized spacial score (nSPS) is 22.2. The van der Waals surface area contributed by atoms with Crippen molar-refractivity contribution in [2.24, 2.45) is 5.92 Å². The molecular formula is C20H20F3NO5S. The second-order valence-corrected chi connectivity index (χ2v) is 9.51. The van der Waals surface area contributed by atoms with Crippen LogP contribution >= 0.6 is 0 Å². The first-order valence-corrected chi connectivity index (χ1v) is 10.6. The largest absolute Gasteiger partial charge is 0.481 e. The van der Waals surface area contributed by atoms with Gasteiger partial charge in [-0.25, -0.2) is 8.42 Å². The number of carboxylic acids is 1. The Morgan fingerprint density at radius 3 is 2.40 bits per heavy atom. The summed E-state index contributed by atoms with van der Waals surface area (Å²) in [6.45, 7) is 1.74. The van der Waals surface area contributed by atoms with Gasteiger partial charge in [-0.3, -0.25) is 9.78 Å². The molecule has 0 unspecified atom stereocenters. The van der Waals surface area contributed by atoms with Crippen LogP contribution < -0.4 is 0 Å². The molecule has 1 fully saturated rings. The molecule has 162 valence electrons. The Balaban J connectivity index is 2.08. The van der Waals surface area contributed by atoms with E-state index in [2.05, 4.69) is 4.98 Å². The third-order valence-electron chi connectivity index (χ3n) is 5.32.